The molecule has 0 spiro atoms. The molecule has 0 radical (unpaired) electrons. The molecule has 0 aliphatic heterocycles. The van der Waals surface area contributed by atoms with E-state index >= 15 is 0 Å². The molecule has 20 heavy (non-hydrogen) atoms. The maximum atomic E-state index is 12.9. The molecular weight excluding hydrogens is 315 g/mol. The molecule has 1 aromatic rings. The first-order chi connectivity index (χ1) is 8.50. The minimum absolute atomic E-state index is 0. The third-order valence-electron chi connectivity index (χ3n) is 2.46. The fraction of sp³-hybridized carbons (Fsp3) is 0.455. The Kier molecular flexibility index (Phi) is 6.28. The first-order valence-electron chi connectivity index (χ1n) is 5.19. The van der Waals surface area contributed by atoms with Crippen LogP contribution in [0.5, 0.6) is 0 Å². The number of hydrogen-bond donors (Lipinski definition) is 1. The maximum absolute atomic E-state index is 12.9. The van der Waals surface area contributed by atoms with E-state index in [2.05, 4.69) is 0 Å². The van der Waals surface area contributed by atoms with Crippen molar-refractivity contribution in [1.82, 2.24) is 0 Å². The first kappa shape index (κ1) is 19.0. The van der Waals surface area contributed by atoms with Crippen molar-refractivity contribution in [1.29, 1.82) is 0 Å². The summed E-state index contributed by atoms with van der Waals surface area (Å²) in [7, 11) is 0. The minimum Gasteiger partial charge on any atom is -0.324 e. The lowest BCUT2D eigenvalue weighted by Crippen LogP contribution is -2.20. The van der Waals surface area contributed by atoms with Gasteiger partial charge in [0.1, 0.15) is 5.82 Å². The number of nitrogens with two attached hydrogens (primary N) is 1. The number of hydrogen-bond acceptors (Lipinski definition) is 1. The van der Waals surface area contributed by atoms with E-state index < -0.39 is 48.2 Å². The predicted molar refractivity (Wildman–Crippen MR) is 60.9 cm³/mol. The van der Waals surface area contributed by atoms with Crippen LogP contribution in [0.4, 0.5) is 30.7 Å². The molecule has 9 heteroatoms. The third kappa shape index (κ3) is 5.54. The Hall–Kier alpha value is -1.02. The molecule has 1 rings (SSSR count). The van der Waals surface area contributed by atoms with E-state index in [9.17, 15) is 30.7 Å². The van der Waals surface area contributed by atoms with E-state index in [4.69, 9.17) is 5.73 Å². The van der Waals surface area contributed by atoms with Gasteiger partial charge in [0.2, 0.25) is 0 Å². The molecule has 0 aromatic heterocycles. The summed E-state index contributed by atoms with van der Waals surface area (Å²) in [5, 5.41) is 0. The second kappa shape index (κ2) is 6.62. The van der Waals surface area contributed by atoms with Gasteiger partial charge in [-0.25, -0.2) is 4.39 Å². The molecule has 1 aromatic carbocycles. The smallest absolute Gasteiger partial charge is 0.324 e. The molecule has 0 saturated heterocycles. The number of alkyl halides is 6. The van der Waals surface area contributed by atoms with Crippen LogP contribution in [0.25, 0.3) is 0 Å². The van der Waals surface area contributed by atoms with Gasteiger partial charge in [-0.05, 0) is 30.2 Å². The van der Waals surface area contributed by atoms with E-state index in [0.717, 1.165) is 0 Å². The fourth-order valence-electron chi connectivity index (χ4n) is 1.57. The second-order valence-corrected chi connectivity index (χ2v) is 3.99. The quantitative estimate of drug-likeness (QED) is 0.807. The molecule has 0 unspecified atom stereocenters. The molecule has 0 aliphatic rings. The van der Waals surface area contributed by atoms with Gasteiger partial charge in [0, 0.05) is 12.5 Å². The average Bonchev–Trinajstić information content (AvgIpc) is 2.23. The van der Waals surface area contributed by atoms with Gasteiger partial charge >= 0.3 is 12.4 Å². The highest BCUT2D eigenvalue weighted by Crippen LogP contribution is 2.36. The summed E-state index contributed by atoms with van der Waals surface area (Å²) in [6, 6.07) is 0.0408. The molecule has 0 aliphatic carbocycles. The zero-order valence-electron chi connectivity index (χ0n) is 9.85. The molecule has 1 atom stereocenters. The summed E-state index contributed by atoms with van der Waals surface area (Å²) >= 11 is 0. The second-order valence-electron chi connectivity index (χ2n) is 3.99. The summed E-state index contributed by atoms with van der Waals surface area (Å²) in [5.41, 5.74) is 3.41. The topological polar surface area (TPSA) is 26.0 Å². The van der Waals surface area contributed by atoms with Crippen LogP contribution < -0.4 is 5.73 Å². The SMILES string of the molecule is Cl.N[C@H](CCC(F)(F)F)c1cc(F)ccc1C(F)(F)F. The van der Waals surface area contributed by atoms with Gasteiger partial charge in [0.25, 0.3) is 0 Å². The molecule has 2 N–H and O–H groups in total. The van der Waals surface area contributed by atoms with Gasteiger partial charge in [0.15, 0.2) is 0 Å². The highest BCUT2D eigenvalue weighted by atomic mass is 35.5. The highest BCUT2D eigenvalue weighted by Gasteiger charge is 2.36. The van der Waals surface area contributed by atoms with Gasteiger partial charge < -0.3 is 5.73 Å². The lowest BCUT2D eigenvalue weighted by Gasteiger charge is -2.19. The number of rotatable bonds is 3. The van der Waals surface area contributed by atoms with Crippen molar-refractivity contribution in [3.63, 3.8) is 0 Å². The van der Waals surface area contributed by atoms with Crippen molar-refractivity contribution in [3.8, 4) is 0 Å². The van der Waals surface area contributed by atoms with E-state index in [1.54, 1.807) is 0 Å². The van der Waals surface area contributed by atoms with Gasteiger partial charge in [-0.2, -0.15) is 26.3 Å². The normalized spacial score (nSPS) is 13.8. The minimum atomic E-state index is -4.79. The first-order valence-corrected chi connectivity index (χ1v) is 5.19. The van der Waals surface area contributed by atoms with Gasteiger partial charge in [-0.3, -0.25) is 0 Å². The summed E-state index contributed by atoms with van der Waals surface area (Å²) in [4.78, 5) is 0. The molecule has 0 saturated carbocycles. The monoisotopic (exact) mass is 325 g/mol. The molecule has 0 bridgehead atoms. The number of benzene rings is 1. The van der Waals surface area contributed by atoms with Crippen LogP contribution in [0.3, 0.4) is 0 Å². The Morgan fingerprint density at radius 2 is 1.60 bits per heavy atom. The van der Waals surface area contributed by atoms with E-state index in [1.807, 2.05) is 0 Å². The van der Waals surface area contributed by atoms with Crippen LogP contribution in [0.2, 0.25) is 0 Å². The van der Waals surface area contributed by atoms with Crippen LogP contribution in [0, 0.1) is 5.82 Å². The van der Waals surface area contributed by atoms with Crippen molar-refractivity contribution < 1.29 is 30.7 Å². The van der Waals surface area contributed by atoms with Crippen LogP contribution in [-0.4, -0.2) is 6.18 Å². The zero-order valence-corrected chi connectivity index (χ0v) is 10.7. The molecule has 0 fully saturated rings. The van der Waals surface area contributed by atoms with Crippen LogP contribution in [0.15, 0.2) is 18.2 Å². The Labute approximate surface area is 116 Å². The van der Waals surface area contributed by atoms with Crippen molar-refractivity contribution >= 4 is 12.4 Å². The average molecular weight is 326 g/mol. The Morgan fingerprint density at radius 1 is 1.05 bits per heavy atom. The molecule has 1 nitrogen and oxygen atoms in total. The lowest BCUT2D eigenvalue weighted by molar-refractivity contribution is -0.139. The lowest BCUT2D eigenvalue weighted by atomic mass is 9.97. The zero-order chi connectivity index (χ0) is 14.8. The van der Waals surface area contributed by atoms with Crippen LogP contribution in [-0.2, 0) is 6.18 Å². The van der Waals surface area contributed by atoms with E-state index in [0.29, 0.717) is 18.2 Å². The number of halogens is 8. The largest absolute Gasteiger partial charge is 0.416 e. The van der Waals surface area contributed by atoms with Crippen molar-refractivity contribution in [3.05, 3.63) is 35.1 Å². The third-order valence-corrected chi connectivity index (χ3v) is 2.46. The summed E-state index contributed by atoms with van der Waals surface area (Å²) in [6.07, 6.45) is -11.4. The fourth-order valence-corrected chi connectivity index (χ4v) is 1.57. The summed E-state index contributed by atoms with van der Waals surface area (Å²) in [6.45, 7) is 0. The molecule has 0 heterocycles. The molecule has 116 valence electrons. The summed E-state index contributed by atoms with van der Waals surface area (Å²) in [5.74, 6) is -0.981. The predicted octanol–water partition coefficient (Wildman–Crippen LogP) is 4.61. The molecule has 0 amide bonds. The highest BCUT2D eigenvalue weighted by molar-refractivity contribution is 5.85. The van der Waals surface area contributed by atoms with Gasteiger partial charge in [-0.1, -0.05) is 0 Å². The van der Waals surface area contributed by atoms with Crippen molar-refractivity contribution in [2.45, 2.75) is 31.2 Å². The standard InChI is InChI=1S/C11H10F7N.ClH/c12-6-1-2-8(11(16,17)18)7(5-6)9(19)3-4-10(13,14)15;/h1-2,5,9H,3-4,19H2;1H/t9-;/m1./s1. The molecular formula is C11H11ClF7N. The van der Waals surface area contributed by atoms with Crippen molar-refractivity contribution in [2.75, 3.05) is 0 Å². The Balaban J connectivity index is 0.00000361. The maximum Gasteiger partial charge on any atom is 0.416 e. The summed E-state index contributed by atoms with van der Waals surface area (Å²) < 4.78 is 86.7. The van der Waals surface area contributed by atoms with E-state index in [1.165, 1.54) is 0 Å². The van der Waals surface area contributed by atoms with Gasteiger partial charge in [0.05, 0.1) is 5.56 Å². The van der Waals surface area contributed by atoms with E-state index in [-0.39, 0.29) is 12.4 Å². The van der Waals surface area contributed by atoms with Crippen LogP contribution >= 0.6 is 12.4 Å². The Bertz CT molecular complexity index is 441. The Morgan fingerprint density at radius 3 is 2.05 bits per heavy atom. The van der Waals surface area contributed by atoms with Crippen molar-refractivity contribution in [2.24, 2.45) is 5.73 Å². The van der Waals surface area contributed by atoms with Gasteiger partial charge in [-0.15, -0.1) is 12.4 Å². The van der Waals surface area contributed by atoms with Crippen LogP contribution in [0.1, 0.15) is 30.0 Å².